The van der Waals surface area contributed by atoms with Gasteiger partial charge in [0.05, 0.1) is 35.9 Å². The molecule has 0 radical (unpaired) electrons. The molecule has 31 heavy (non-hydrogen) atoms. The predicted octanol–water partition coefficient (Wildman–Crippen LogP) is 3.20. The first-order valence-corrected chi connectivity index (χ1v) is 10.2. The van der Waals surface area contributed by atoms with Gasteiger partial charge in [-0.25, -0.2) is 4.68 Å². The summed E-state index contributed by atoms with van der Waals surface area (Å²) in [6, 6.07) is 7.63. The van der Waals surface area contributed by atoms with E-state index >= 15 is 0 Å². The molecule has 1 aliphatic rings. The van der Waals surface area contributed by atoms with Gasteiger partial charge in [-0.2, -0.15) is 23.4 Å². The van der Waals surface area contributed by atoms with Gasteiger partial charge in [0.2, 0.25) is 0 Å². The van der Waals surface area contributed by atoms with Crippen molar-refractivity contribution in [2.24, 2.45) is 13.0 Å². The van der Waals surface area contributed by atoms with Gasteiger partial charge in [0.1, 0.15) is 5.78 Å². The van der Waals surface area contributed by atoms with Gasteiger partial charge < -0.3 is 4.90 Å². The largest absolute Gasteiger partial charge is 0.390 e. The van der Waals surface area contributed by atoms with Crippen molar-refractivity contribution < 1.29 is 18.0 Å². The fourth-order valence-electron chi connectivity index (χ4n) is 3.97. The van der Waals surface area contributed by atoms with Crippen molar-refractivity contribution in [2.75, 3.05) is 19.6 Å². The van der Waals surface area contributed by atoms with E-state index in [1.807, 2.05) is 31.3 Å². The Labute approximate surface area is 177 Å². The normalized spacial score (nSPS) is 16.1. The molecule has 1 fully saturated rings. The lowest BCUT2D eigenvalue weighted by molar-refractivity contribution is -0.139. The molecule has 0 N–H and O–H groups in total. The van der Waals surface area contributed by atoms with Crippen LogP contribution in [-0.2, 0) is 18.3 Å². The van der Waals surface area contributed by atoms with Crippen LogP contribution in [0.5, 0.6) is 0 Å². The molecule has 0 saturated carbocycles. The van der Waals surface area contributed by atoms with Crippen molar-refractivity contribution in [3.8, 4) is 11.3 Å². The molecule has 1 saturated heterocycles. The van der Waals surface area contributed by atoms with Crippen LogP contribution in [0.4, 0.5) is 13.2 Å². The van der Waals surface area contributed by atoms with E-state index in [4.69, 9.17) is 0 Å². The van der Waals surface area contributed by atoms with Crippen molar-refractivity contribution in [3.63, 3.8) is 0 Å². The summed E-state index contributed by atoms with van der Waals surface area (Å²) in [5, 5.41) is 17.1. The molecule has 1 aliphatic heterocycles. The van der Waals surface area contributed by atoms with Crippen molar-refractivity contribution in [2.45, 2.75) is 31.9 Å². The molecule has 0 unspecified atom stereocenters. The topological polar surface area (TPSA) is 76.8 Å². The highest BCUT2D eigenvalue weighted by Crippen LogP contribution is 2.25. The van der Waals surface area contributed by atoms with Gasteiger partial charge in [0, 0.05) is 30.5 Å². The number of halogens is 3. The Bertz CT molecular complexity index is 1070. The molecule has 4 rings (SSSR count). The molecule has 7 nitrogen and oxygen atoms in total. The molecule has 1 aromatic carbocycles. The van der Waals surface area contributed by atoms with Crippen molar-refractivity contribution in [3.05, 3.63) is 36.2 Å². The molecule has 2 aromatic heterocycles. The number of carbonyl (C=O) groups excluding carboxylic acids is 1. The third-order valence-electron chi connectivity index (χ3n) is 5.76. The van der Waals surface area contributed by atoms with E-state index in [1.165, 1.54) is 0 Å². The molecule has 0 amide bonds. The summed E-state index contributed by atoms with van der Waals surface area (Å²) in [6.07, 6.45) is -1.94. The molecule has 3 aromatic rings. The number of piperidine rings is 1. The summed E-state index contributed by atoms with van der Waals surface area (Å²) < 4.78 is 38.9. The van der Waals surface area contributed by atoms with Crippen LogP contribution in [0.1, 0.15) is 25.0 Å². The minimum Gasteiger partial charge on any atom is -0.303 e. The monoisotopic (exact) mass is 432 g/mol. The number of aromatic nitrogens is 5. The number of hydrogen-bond acceptors (Lipinski definition) is 6. The number of Topliss-reactive ketones (excluding diaryl/α,β-unsaturated/α-hetero) is 1. The number of carbonyl (C=O) groups is 1. The van der Waals surface area contributed by atoms with Gasteiger partial charge >= 0.3 is 6.18 Å². The SMILES string of the molecule is Cn1nncc1-c1ccc2nnc(CC(=O)C3CCN(CCC(F)(F)F)CC3)cc2c1. The minimum atomic E-state index is -4.14. The number of rotatable bonds is 6. The third-order valence-corrected chi connectivity index (χ3v) is 5.76. The fraction of sp³-hybridized carbons (Fsp3) is 0.476. The maximum Gasteiger partial charge on any atom is 0.390 e. The molecule has 164 valence electrons. The zero-order chi connectivity index (χ0) is 22.0. The number of benzene rings is 1. The van der Waals surface area contributed by atoms with E-state index in [2.05, 4.69) is 20.5 Å². The maximum atomic E-state index is 12.7. The second-order valence-electron chi connectivity index (χ2n) is 7.98. The number of ketones is 1. The van der Waals surface area contributed by atoms with Crippen LogP contribution in [0.15, 0.2) is 30.5 Å². The number of aryl methyl sites for hydroxylation is 1. The van der Waals surface area contributed by atoms with Crippen LogP contribution in [0.2, 0.25) is 0 Å². The van der Waals surface area contributed by atoms with Crippen LogP contribution in [0, 0.1) is 5.92 Å². The van der Waals surface area contributed by atoms with E-state index in [-0.39, 0.29) is 24.7 Å². The average molecular weight is 432 g/mol. The first-order valence-electron chi connectivity index (χ1n) is 10.2. The van der Waals surface area contributed by atoms with Crippen LogP contribution >= 0.6 is 0 Å². The van der Waals surface area contributed by atoms with Crippen LogP contribution in [0.25, 0.3) is 22.2 Å². The van der Waals surface area contributed by atoms with Gasteiger partial charge in [0.25, 0.3) is 0 Å². The highest BCUT2D eigenvalue weighted by atomic mass is 19.4. The molecule has 0 spiro atoms. The Morgan fingerprint density at radius 1 is 1.16 bits per heavy atom. The molecular formula is C21H23F3N6O. The van der Waals surface area contributed by atoms with Gasteiger partial charge in [-0.15, -0.1) is 5.10 Å². The minimum absolute atomic E-state index is 0.00488. The molecule has 3 heterocycles. The van der Waals surface area contributed by atoms with E-state index in [0.717, 1.165) is 22.2 Å². The first-order chi connectivity index (χ1) is 14.8. The Balaban J connectivity index is 1.39. The molecular weight excluding hydrogens is 409 g/mol. The molecule has 0 bridgehead atoms. The summed E-state index contributed by atoms with van der Waals surface area (Å²) in [5.74, 6) is -0.0809. The van der Waals surface area contributed by atoms with E-state index < -0.39 is 12.6 Å². The van der Waals surface area contributed by atoms with E-state index in [1.54, 1.807) is 15.8 Å². The average Bonchev–Trinajstić information content (AvgIpc) is 3.17. The molecule has 10 heteroatoms. The fourth-order valence-corrected chi connectivity index (χ4v) is 3.97. The lowest BCUT2D eigenvalue weighted by Gasteiger charge is -2.31. The van der Waals surface area contributed by atoms with Crippen LogP contribution in [0.3, 0.4) is 0 Å². The van der Waals surface area contributed by atoms with E-state index in [9.17, 15) is 18.0 Å². The Morgan fingerprint density at radius 2 is 1.94 bits per heavy atom. The summed E-state index contributed by atoms with van der Waals surface area (Å²) in [7, 11) is 1.82. The van der Waals surface area contributed by atoms with Crippen molar-refractivity contribution in [1.82, 2.24) is 30.1 Å². The standard InChI is InChI=1S/C21H23F3N6O/c1-29-19(13-25-28-29)15-2-3-18-16(10-15)11-17(26-27-18)12-20(31)14-4-7-30(8-5-14)9-6-21(22,23)24/h2-3,10-11,13-14H,4-9,12H2,1H3. The first kappa shape index (κ1) is 21.4. The zero-order valence-corrected chi connectivity index (χ0v) is 17.1. The van der Waals surface area contributed by atoms with Gasteiger partial charge in [0.15, 0.2) is 0 Å². The number of nitrogens with zero attached hydrogens (tertiary/aromatic N) is 6. The zero-order valence-electron chi connectivity index (χ0n) is 17.1. The summed E-state index contributed by atoms with van der Waals surface area (Å²) in [4.78, 5) is 14.5. The maximum absolute atomic E-state index is 12.7. The molecule has 0 aliphatic carbocycles. The van der Waals surface area contributed by atoms with Crippen LogP contribution in [-0.4, -0.2) is 61.7 Å². The summed E-state index contributed by atoms with van der Waals surface area (Å²) in [6.45, 7) is 1.02. The molecule has 0 atom stereocenters. The Kier molecular flexibility index (Phi) is 5.99. The number of hydrogen-bond donors (Lipinski definition) is 0. The van der Waals surface area contributed by atoms with Crippen molar-refractivity contribution in [1.29, 1.82) is 0 Å². The second kappa shape index (κ2) is 8.70. The smallest absolute Gasteiger partial charge is 0.303 e. The quantitative estimate of drug-likeness (QED) is 0.595. The Hall–Kier alpha value is -2.88. The highest BCUT2D eigenvalue weighted by molar-refractivity contribution is 5.86. The number of alkyl halides is 3. The summed E-state index contributed by atoms with van der Waals surface area (Å²) in [5.41, 5.74) is 3.13. The number of fused-ring (bicyclic) bond motifs is 1. The second-order valence-corrected chi connectivity index (χ2v) is 7.98. The van der Waals surface area contributed by atoms with Gasteiger partial charge in [-0.3, -0.25) is 4.79 Å². The lowest BCUT2D eigenvalue weighted by Crippen LogP contribution is -2.38. The van der Waals surface area contributed by atoms with Gasteiger partial charge in [-0.05, 0) is 44.1 Å². The number of likely N-dealkylation sites (tertiary alicyclic amines) is 1. The van der Waals surface area contributed by atoms with Gasteiger partial charge in [-0.1, -0.05) is 11.3 Å². The third kappa shape index (κ3) is 5.25. The highest BCUT2D eigenvalue weighted by Gasteiger charge is 2.30. The van der Waals surface area contributed by atoms with E-state index in [0.29, 0.717) is 31.6 Å². The Morgan fingerprint density at radius 3 is 2.61 bits per heavy atom. The van der Waals surface area contributed by atoms with Crippen molar-refractivity contribution >= 4 is 16.7 Å². The predicted molar refractivity (Wildman–Crippen MR) is 108 cm³/mol. The van der Waals surface area contributed by atoms with Crippen LogP contribution < -0.4 is 0 Å². The lowest BCUT2D eigenvalue weighted by atomic mass is 9.90. The summed E-state index contributed by atoms with van der Waals surface area (Å²) >= 11 is 0.